The van der Waals surface area contributed by atoms with Crippen molar-refractivity contribution >= 4 is 40.3 Å². The minimum Gasteiger partial charge on any atom is -0.383 e. The van der Waals surface area contributed by atoms with Gasteiger partial charge in [-0.15, -0.1) is 24.8 Å². The van der Waals surface area contributed by atoms with Crippen LogP contribution in [0.25, 0.3) is 0 Å². The monoisotopic (exact) mass is 354 g/mol. The lowest BCUT2D eigenvalue weighted by atomic mass is 10.2. The number of hydrogen-bond acceptors (Lipinski definition) is 4. The van der Waals surface area contributed by atoms with Crippen LogP contribution in [0.15, 0.2) is 29.2 Å². The van der Waals surface area contributed by atoms with Crippen molar-refractivity contribution in [3.05, 3.63) is 24.3 Å². The van der Waals surface area contributed by atoms with Gasteiger partial charge >= 0.3 is 0 Å². The van der Waals surface area contributed by atoms with Crippen molar-refractivity contribution in [2.75, 3.05) is 18.4 Å². The van der Waals surface area contributed by atoms with E-state index in [2.05, 4.69) is 24.5 Å². The first kappa shape index (κ1) is 20.5. The van der Waals surface area contributed by atoms with E-state index in [1.807, 2.05) is 12.1 Å². The van der Waals surface area contributed by atoms with Crippen LogP contribution in [0.1, 0.15) is 26.7 Å². The molecular formula is C14H24Cl2N2O2S. The molecule has 1 heterocycles. The van der Waals surface area contributed by atoms with Crippen LogP contribution in [0.2, 0.25) is 0 Å². The maximum atomic E-state index is 12.5. The number of halogens is 2. The Labute approximate surface area is 139 Å². The van der Waals surface area contributed by atoms with Crippen molar-refractivity contribution in [1.29, 1.82) is 0 Å². The average molecular weight is 355 g/mol. The quantitative estimate of drug-likeness (QED) is 0.872. The first-order valence-corrected chi connectivity index (χ1v) is 8.36. The fourth-order valence-electron chi connectivity index (χ4n) is 2.37. The summed E-state index contributed by atoms with van der Waals surface area (Å²) in [6.45, 7) is 5.69. The molecule has 1 saturated heterocycles. The molecule has 21 heavy (non-hydrogen) atoms. The van der Waals surface area contributed by atoms with Gasteiger partial charge in [0.2, 0.25) is 0 Å². The van der Waals surface area contributed by atoms with E-state index >= 15 is 0 Å². The number of benzene rings is 1. The SMILES string of the molecule is CC(C)Nc1ccc(S(=O)(=O)C2CCNCC2)cc1.Cl.Cl. The van der Waals surface area contributed by atoms with Gasteiger partial charge in [0.25, 0.3) is 0 Å². The van der Waals surface area contributed by atoms with E-state index in [0.29, 0.717) is 23.8 Å². The largest absolute Gasteiger partial charge is 0.383 e. The molecule has 0 saturated carbocycles. The Hall–Kier alpha value is -0.490. The van der Waals surface area contributed by atoms with Gasteiger partial charge in [-0.05, 0) is 64.0 Å². The van der Waals surface area contributed by atoms with Gasteiger partial charge in [-0.2, -0.15) is 0 Å². The van der Waals surface area contributed by atoms with Crippen LogP contribution in [0.5, 0.6) is 0 Å². The number of sulfone groups is 1. The van der Waals surface area contributed by atoms with Crippen molar-refractivity contribution in [3.8, 4) is 0 Å². The molecule has 4 nitrogen and oxygen atoms in total. The molecule has 0 radical (unpaired) electrons. The zero-order valence-corrected chi connectivity index (χ0v) is 14.8. The molecule has 2 rings (SSSR count). The molecule has 0 aromatic heterocycles. The standard InChI is InChI=1S/C14H22N2O2S.2ClH/c1-11(2)16-12-3-5-13(6-4-12)19(17,18)14-7-9-15-10-8-14;;/h3-6,11,14-16H,7-10H2,1-2H3;2*1H. The molecule has 1 aromatic rings. The number of hydrogen-bond donors (Lipinski definition) is 2. The maximum Gasteiger partial charge on any atom is 0.181 e. The zero-order valence-electron chi connectivity index (χ0n) is 12.3. The highest BCUT2D eigenvalue weighted by Crippen LogP contribution is 2.23. The van der Waals surface area contributed by atoms with Crippen molar-refractivity contribution in [1.82, 2.24) is 5.32 Å². The number of piperidine rings is 1. The van der Waals surface area contributed by atoms with Crippen LogP contribution >= 0.6 is 24.8 Å². The van der Waals surface area contributed by atoms with Crippen molar-refractivity contribution in [2.24, 2.45) is 0 Å². The fraction of sp³-hybridized carbons (Fsp3) is 0.571. The van der Waals surface area contributed by atoms with E-state index in [-0.39, 0.29) is 30.1 Å². The van der Waals surface area contributed by atoms with Crippen LogP contribution in [-0.2, 0) is 9.84 Å². The predicted octanol–water partition coefficient (Wildman–Crippen LogP) is 2.88. The second-order valence-electron chi connectivity index (χ2n) is 5.32. The molecule has 1 fully saturated rings. The summed E-state index contributed by atoms with van der Waals surface area (Å²) in [5.41, 5.74) is 0.958. The normalized spacial score (nSPS) is 16.0. The third-order valence-electron chi connectivity index (χ3n) is 3.36. The minimum atomic E-state index is -3.18. The van der Waals surface area contributed by atoms with E-state index < -0.39 is 9.84 Å². The second-order valence-corrected chi connectivity index (χ2v) is 7.55. The Morgan fingerprint density at radius 1 is 1.10 bits per heavy atom. The van der Waals surface area contributed by atoms with Gasteiger partial charge in [-0.25, -0.2) is 8.42 Å². The molecule has 7 heteroatoms. The molecule has 1 aliphatic heterocycles. The average Bonchev–Trinajstić information content (AvgIpc) is 2.40. The summed E-state index contributed by atoms with van der Waals surface area (Å²) in [6, 6.07) is 7.44. The molecule has 0 spiro atoms. The first-order chi connectivity index (χ1) is 9.00. The van der Waals surface area contributed by atoms with Crippen molar-refractivity contribution in [2.45, 2.75) is 42.9 Å². The lowest BCUT2D eigenvalue weighted by molar-refractivity contribution is 0.496. The lowest BCUT2D eigenvalue weighted by Crippen LogP contribution is -2.35. The van der Waals surface area contributed by atoms with E-state index in [0.717, 1.165) is 18.8 Å². The summed E-state index contributed by atoms with van der Waals surface area (Å²) in [5, 5.41) is 6.21. The molecular weight excluding hydrogens is 331 g/mol. The highest BCUT2D eigenvalue weighted by Gasteiger charge is 2.28. The second kappa shape index (κ2) is 8.83. The Morgan fingerprint density at radius 3 is 2.10 bits per heavy atom. The summed E-state index contributed by atoms with van der Waals surface area (Å²) >= 11 is 0. The molecule has 0 unspecified atom stereocenters. The molecule has 0 bridgehead atoms. The number of rotatable bonds is 4. The summed E-state index contributed by atoms with van der Waals surface area (Å²) < 4.78 is 24.9. The molecule has 0 atom stereocenters. The maximum absolute atomic E-state index is 12.5. The third-order valence-corrected chi connectivity index (χ3v) is 5.64. The van der Waals surface area contributed by atoms with Gasteiger partial charge in [0.15, 0.2) is 9.84 Å². The van der Waals surface area contributed by atoms with Gasteiger partial charge < -0.3 is 10.6 Å². The van der Waals surface area contributed by atoms with Gasteiger partial charge in [0.1, 0.15) is 0 Å². The van der Waals surface area contributed by atoms with Gasteiger partial charge in [-0.3, -0.25) is 0 Å². The zero-order chi connectivity index (χ0) is 13.9. The van der Waals surface area contributed by atoms with Gasteiger partial charge in [-0.1, -0.05) is 0 Å². The number of nitrogens with one attached hydrogen (secondary N) is 2. The molecule has 122 valence electrons. The first-order valence-electron chi connectivity index (χ1n) is 6.81. The van der Waals surface area contributed by atoms with Crippen LogP contribution in [0, 0.1) is 0 Å². The van der Waals surface area contributed by atoms with Crippen LogP contribution in [-0.4, -0.2) is 32.8 Å². The van der Waals surface area contributed by atoms with Crippen LogP contribution in [0.3, 0.4) is 0 Å². The van der Waals surface area contributed by atoms with E-state index in [9.17, 15) is 8.42 Å². The van der Waals surface area contributed by atoms with Gasteiger partial charge in [0, 0.05) is 11.7 Å². The smallest absolute Gasteiger partial charge is 0.181 e. The summed E-state index contributed by atoms with van der Waals surface area (Å²) in [5.74, 6) is 0. The third kappa shape index (κ3) is 5.33. The van der Waals surface area contributed by atoms with E-state index in [1.54, 1.807) is 12.1 Å². The Kier molecular flexibility index (Phi) is 8.63. The Bertz CT molecular complexity index is 512. The molecule has 1 aliphatic rings. The fourth-order valence-corrected chi connectivity index (χ4v) is 4.13. The molecule has 0 amide bonds. The highest BCUT2D eigenvalue weighted by molar-refractivity contribution is 7.92. The molecule has 2 N–H and O–H groups in total. The summed E-state index contributed by atoms with van der Waals surface area (Å²) in [7, 11) is -3.18. The Morgan fingerprint density at radius 2 is 1.62 bits per heavy atom. The van der Waals surface area contributed by atoms with Crippen LogP contribution < -0.4 is 10.6 Å². The lowest BCUT2D eigenvalue weighted by Gasteiger charge is -2.22. The van der Waals surface area contributed by atoms with Gasteiger partial charge in [0.05, 0.1) is 10.1 Å². The van der Waals surface area contributed by atoms with Crippen molar-refractivity contribution in [3.63, 3.8) is 0 Å². The summed E-state index contributed by atoms with van der Waals surface area (Å²) in [4.78, 5) is 0.439. The highest BCUT2D eigenvalue weighted by atomic mass is 35.5. The molecule has 0 aliphatic carbocycles. The van der Waals surface area contributed by atoms with Crippen molar-refractivity contribution < 1.29 is 8.42 Å². The molecule has 1 aromatic carbocycles. The van der Waals surface area contributed by atoms with Crippen LogP contribution in [0.4, 0.5) is 5.69 Å². The van der Waals surface area contributed by atoms with E-state index in [4.69, 9.17) is 0 Å². The predicted molar refractivity (Wildman–Crippen MR) is 92.8 cm³/mol. The topological polar surface area (TPSA) is 58.2 Å². The minimum absolute atomic E-state index is 0. The van der Waals surface area contributed by atoms with E-state index in [1.165, 1.54) is 0 Å². The Balaban J connectivity index is 0.00000200. The summed E-state index contributed by atoms with van der Waals surface area (Å²) in [6.07, 6.45) is 1.41. The number of anilines is 1.